The number of nitrogens with one attached hydrogen (secondary N) is 1. The second-order valence-corrected chi connectivity index (χ2v) is 4.88. The number of halogens is 1. The monoisotopic (exact) mass is 280 g/mol. The zero-order valence-electron chi connectivity index (χ0n) is 8.78. The second-order valence-electron chi connectivity index (χ2n) is 4.17. The van der Waals surface area contributed by atoms with Crippen molar-refractivity contribution in [1.82, 2.24) is 14.5 Å². The lowest BCUT2D eigenvalue weighted by molar-refractivity contribution is 0.455. The molecular weight excluding hydrogens is 268 g/mol. The van der Waals surface area contributed by atoms with Crippen LogP contribution in [0.4, 0.5) is 0 Å². The highest BCUT2D eigenvalue weighted by molar-refractivity contribution is 9.10. The van der Waals surface area contributed by atoms with Crippen LogP contribution in [0.1, 0.15) is 12.1 Å². The third-order valence-corrected chi connectivity index (χ3v) is 3.65. The van der Waals surface area contributed by atoms with Crippen LogP contribution < -0.4 is 5.73 Å². The second kappa shape index (κ2) is 3.75. The molecule has 0 fully saturated rings. The van der Waals surface area contributed by atoms with Gasteiger partial charge >= 0.3 is 0 Å². The molecule has 0 saturated carbocycles. The van der Waals surface area contributed by atoms with E-state index in [2.05, 4.69) is 30.5 Å². The van der Waals surface area contributed by atoms with Gasteiger partial charge in [-0.1, -0.05) is 0 Å². The van der Waals surface area contributed by atoms with Crippen LogP contribution >= 0.6 is 15.9 Å². The van der Waals surface area contributed by atoms with E-state index in [4.69, 9.17) is 5.73 Å². The van der Waals surface area contributed by atoms with Crippen LogP contribution in [0.3, 0.4) is 0 Å². The molecule has 0 bridgehead atoms. The van der Waals surface area contributed by atoms with Gasteiger partial charge in [-0.2, -0.15) is 0 Å². The Bertz CT molecular complexity index is 500. The molecule has 0 aliphatic carbocycles. The lowest BCUT2D eigenvalue weighted by Crippen LogP contribution is -2.31. The topological polar surface area (TPSA) is 59.6 Å². The van der Waals surface area contributed by atoms with E-state index in [1.807, 2.05) is 18.3 Å². The summed E-state index contributed by atoms with van der Waals surface area (Å²) in [5.41, 5.74) is 9.36. The molecule has 0 radical (unpaired) electrons. The average molecular weight is 281 g/mol. The Morgan fingerprint density at radius 1 is 1.56 bits per heavy atom. The molecule has 84 valence electrons. The molecule has 3 N–H and O–H groups in total. The molecule has 2 aromatic rings. The number of nitrogens with two attached hydrogens (primary N) is 1. The number of nitrogens with zero attached hydrogens (tertiary/aromatic N) is 2. The van der Waals surface area contributed by atoms with Crippen LogP contribution in [0.5, 0.6) is 0 Å². The smallest absolute Gasteiger partial charge is 0.178 e. The summed E-state index contributed by atoms with van der Waals surface area (Å²) in [6.45, 7) is 0.851. The van der Waals surface area contributed by atoms with Crippen molar-refractivity contribution >= 4 is 15.9 Å². The van der Waals surface area contributed by atoms with Gasteiger partial charge in [-0.3, -0.25) is 0 Å². The molecule has 0 saturated heterocycles. The molecule has 16 heavy (non-hydrogen) atoms. The van der Waals surface area contributed by atoms with E-state index >= 15 is 0 Å². The fraction of sp³-hybridized carbons (Fsp3) is 0.364. The first-order valence-electron chi connectivity index (χ1n) is 5.40. The van der Waals surface area contributed by atoms with Crippen LogP contribution in [-0.4, -0.2) is 20.6 Å². The van der Waals surface area contributed by atoms with Crippen LogP contribution in [0, 0.1) is 0 Å². The molecule has 4 nitrogen and oxygen atoms in total. The van der Waals surface area contributed by atoms with Gasteiger partial charge in [-0.05, 0) is 40.9 Å². The lowest BCUT2D eigenvalue weighted by atomic mass is 10.0. The zero-order valence-corrected chi connectivity index (χ0v) is 10.4. The minimum absolute atomic E-state index is 0.245. The third-order valence-electron chi connectivity index (χ3n) is 3.05. The van der Waals surface area contributed by atoms with Gasteiger partial charge in [-0.25, -0.2) is 4.98 Å². The van der Waals surface area contributed by atoms with Crippen LogP contribution in [0.15, 0.2) is 23.1 Å². The van der Waals surface area contributed by atoms with Crippen molar-refractivity contribution in [3.8, 4) is 11.4 Å². The quantitative estimate of drug-likeness (QED) is 0.839. The third kappa shape index (κ3) is 1.51. The summed E-state index contributed by atoms with van der Waals surface area (Å²) >= 11 is 3.50. The van der Waals surface area contributed by atoms with E-state index in [0.29, 0.717) is 0 Å². The molecule has 1 aliphatic heterocycles. The molecule has 5 heteroatoms. The maximum absolute atomic E-state index is 5.97. The molecular formula is C11H13BrN4. The van der Waals surface area contributed by atoms with E-state index in [1.165, 1.54) is 5.69 Å². The molecule has 1 aliphatic rings. The van der Waals surface area contributed by atoms with Gasteiger partial charge in [-0.15, -0.1) is 0 Å². The standard InChI is InChI=1S/C11H13BrN4/c12-11-15-10(8-2-1-5-14-8)9-4-3-7(13)6-16(9)11/h1-2,5,7,14H,3-4,6,13H2. The largest absolute Gasteiger partial charge is 0.360 e. The Labute approximate surface area is 102 Å². The zero-order chi connectivity index (χ0) is 11.1. The van der Waals surface area contributed by atoms with Crippen molar-refractivity contribution in [3.63, 3.8) is 0 Å². The van der Waals surface area contributed by atoms with Gasteiger partial charge in [0.05, 0.1) is 5.69 Å². The lowest BCUT2D eigenvalue weighted by Gasteiger charge is -2.21. The highest BCUT2D eigenvalue weighted by atomic mass is 79.9. The Morgan fingerprint density at radius 2 is 2.44 bits per heavy atom. The predicted molar refractivity (Wildman–Crippen MR) is 66.0 cm³/mol. The van der Waals surface area contributed by atoms with Gasteiger partial charge in [0.1, 0.15) is 5.69 Å². The molecule has 0 spiro atoms. The van der Waals surface area contributed by atoms with E-state index in [1.54, 1.807) is 0 Å². The summed E-state index contributed by atoms with van der Waals surface area (Å²) in [6, 6.07) is 4.28. The number of hydrogen-bond donors (Lipinski definition) is 2. The number of aromatic amines is 1. The number of aromatic nitrogens is 3. The number of imidazole rings is 1. The first kappa shape index (κ1) is 10.1. The fourth-order valence-electron chi connectivity index (χ4n) is 2.24. The van der Waals surface area contributed by atoms with Crippen molar-refractivity contribution in [1.29, 1.82) is 0 Å². The van der Waals surface area contributed by atoms with Crippen molar-refractivity contribution in [2.75, 3.05) is 0 Å². The molecule has 3 rings (SSSR count). The normalized spacial score (nSPS) is 19.8. The van der Waals surface area contributed by atoms with Crippen molar-refractivity contribution < 1.29 is 0 Å². The number of H-pyrrole nitrogens is 1. The Morgan fingerprint density at radius 3 is 3.19 bits per heavy atom. The summed E-state index contributed by atoms with van der Waals surface area (Å²) in [5.74, 6) is 0. The minimum Gasteiger partial charge on any atom is -0.360 e. The van der Waals surface area contributed by atoms with E-state index in [0.717, 1.165) is 35.5 Å². The fourth-order valence-corrected chi connectivity index (χ4v) is 2.77. The number of rotatable bonds is 1. The molecule has 3 heterocycles. The highest BCUT2D eigenvalue weighted by Crippen LogP contribution is 2.29. The predicted octanol–water partition coefficient (Wildman–Crippen LogP) is 1.91. The van der Waals surface area contributed by atoms with E-state index in [-0.39, 0.29) is 6.04 Å². The molecule has 0 amide bonds. The summed E-state index contributed by atoms with van der Waals surface area (Å²) in [5, 5.41) is 0. The van der Waals surface area contributed by atoms with Gasteiger partial charge in [0.15, 0.2) is 4.73 Å². The number of hydrogen-bond acceptors (Lipinski definition) is 2. The van der Waals surface area contributed by atoms with Crippen molar-refractivity contribution in [2.24, 2.45) is 5.73 Å². The highest BCUT2D eigenvalue weighted by Gasteiger charge is 2.23. The van der Waals surface area contributed by atoms with Gasteiger partial charge in [0, 0.05) is 24.5 Å². The Kier molecular flexibility index (Phi) is 2.37. The van der Waals surface area contributed by atoms with Gasteiger partial charge < -0.3 is 15.3 Å². The molecule has 1 unspecified atom stereocenters. The Hall–Kier alpha value is -1.07. The Balaban J connectivity index is 2.12. The molecule has 2 aromatic heterocycles. The number of fused-ring (bicyclic) bond motifs is 1. The maximum atomic E-state index is 5.97. The summed E-state index contributed by atoms with van der Waals surface area (Å²) in [6.07, 6.45) is 3.95. The summed E-state index contributed by atoms with van der Waals surface area (Å²) in [4.78, 5) is 7.76. The first-order chi connectivity index (χ1) is 7.75. The van der Waals surface area contributed by atoms with Crippen LogP contribution in [-0.2, 0) is 13.0 Å². The summed E-state index contributed by atoms with van der Waals surface area (Å²) < 4.78 is 3.05. The SMILES string of the molecule is NC1CCc2c(-c3ccc[nH]3)nc(Br)n2C1. The minimum atomic E-state index is 0.245. The van der Waals surface area contributed by atoms with E-state index < -0.39 is 0 Å². The van der Waals surface area contributed by atoms with Crippen molar-refractivity contribution in [3.05, 3.63) is 28.8 Å². The molecule has 0 aromatic carbocycles. The summed E-state index contributed by atoms with van der Waals surface area (Å²) in [7, 11) is 0. The molecule has 1 atom stereocenters. The van der Waals surface area contributed by atoms with Gasteiger partial charge in [0.25, 0.3) is 0 Å². The maximum Gasteiger partial charge on any atom is 0.178 e. The van der Waals surface area contributed by atoms with Crippen molar-refractivity contribution in [2.45, 2.75) is 25.4 Å². The average Bonchev–Trinajstić information content (AvgIpc) is 2.87. The first-order valence-corrected chi connectivity index (χ1v) is 6.19. The van der Waals surface area contributed by atoms with Gasteiger partial charge in [0.2, 0.25) is 0 Å². The van der Waals surface area contributed by atoms with E-state index in [9.17, 15) is 0 Å². The van der Waals surface area contributed by atoms with Crippen LogP contribution in [0.25, 0.3) is 11.4 Å². The van der Waals surface area contributed by atoms with Crippen LogP contribution in [0.2, 0.25) is 0 Å².